The van der Waals surface area contributed by atoms with Crippen molar-refractivity contribution in [2.24, 2.45) is 0 Å². The van der Waals surface area contributed by atoms with Gasteiger partial charge < -0.3 is 0 Å². The second-order valence-electron chi connectivity index (χ2n) is 2.11. The summed E-state index contributed by atoms with van der Waals surface area (Å²) in [7, 11) is 0.613. The summed E-state index contributed by atoms with van der Waals surface area (Å²) in [6.07, 6.45) is 0. The van der Waals surface area contributed by atoms with Crippen LogP contribution in [0.15, 0.2) is 17.0 Å². The second-order valence-corrected chi connectivity index (χ2v) is 5.02. The molecule has 1 rings (SSSR count). The van der Waals surface area contributed by atoms with Gasteiger partial charge in [0, 0.05) is 10.7 Å². The Kier molecular flexibility index (Phi) is 2.79. The van der Waals surface area contributed by atoms with Crippen molar-refractivity contribution in [3.05, 3.63) is 28.8 Å². The van der Waals surface area contributed by atoms with Crippen LogP contribution in [0.4, 0.5) is 8.78 Å². The third kappa shape index (κ3) is 2.10. The van der Waals surface area contributed by atoms with Crippen molar-refractivity contribution < 1.29 is 17.2 Å². The first-order valence-electron chi connectivity index (χ1n) is 2.92. The van der Waals surface area contributed by atoms with Gasteiger partial charge in [0.05, 0.1) is 0 Å². The third-order valence-electron chi connectivity index (χ3n) is 1.26. The van der Waals surface area contributed by atoms with E-state index in [2.05, 4.69) is 0 Å². The maximum Gasteiger partial charge on any atom is 0.264 e. The lowest BCUT2D eigenvalue weighted by molar-refractivity contribution is 0.554. The first-order valence-corrected chi connectivity index (χ1v) is 5.61. The monoisotopic (exact) mass is 246 g/mol. The van der Waals surface area contributed by atoms with E-state index in [1.807, 2.05) is 0 Å². The molecule has 0 aliphatic carbocycles. The Morgan fingerprint density at radius 3 is 2.23 bits per heavy atom. The van der Waals surface area contributed by atoms with Gasteiger partial charge in [-0.1, -0.05) is 11.6 Å². The van der Waals surface area contributed by atoms with E-state index in [0.29, 0.717) is 6.07 Å². The molecule has 72 valence electrons. The molecule has 0 unspecified atom stereocenters. The molecule has 0 radical (unpaired) electrons. The topological polar surface area (TPSA) is 34.1 Å². The molecule has 0 aromatic heterocycles. The molecule has 0 bridgehead atoms. The highest BCUT2D eigenvalue weighted by molar-refractivity contribution is 8.13. The van der Waals surface area contributed by atoms with Gasteiger partial charge in [0.25, 0.3) is 9.05 Å². The summed E-state index contributed by atoms with van der Waals surface area (Å²) in [5.41, 5.74) is 0. The van der Waals surface area contributed by atoms with Gasteiger partial charge in [-0.05, 0) is 12.1 Å². The summed E-state index contributed by atoms with van der Waals surface area (Å²) in [6.45, 7) is 0. The average Bonchev–Trinajstić information content (AvgIpc) is 1.98. The fourth-order valence-corrected chi connectivity index (χ4v) is 1.82. The molecule has 0 heterocycles. The van der Waals surface area contributed by atoms with E-state index < -0.39 is 30.6 Å². The van der Waals surface area contributed by atoms with E-state index in [1.165, 1.54) is 0 Å². The molecule has 1 aromatic rings. The summed E-state index contributed by atoms with van der Waals surface area (Å²) >= 11 is 5.12. The second kappa shape index (κ2) is 3.40. The van der Waals surface area contributed by atoms with Crippen LogP contribution in [0.1, 0.15) is 0 Å². The van der Waals surface area contributed by atoms with Gasteiger partial charge in [0.2, 0.25) is 0 Å². The van der Waals surface area contributed by atoms with Crippen LogP contribution in [-0.4, -0.2) is 8.42 Å². The molecule has 0 saturated carbocycles. The quantitative estimate of drug-likeness (QED) is 0.564. The van der Waals surface area contributed by atoms with Crippen LogP contribution in [0.3, 0.4) is 0 Å². The Morgan fingerprint density at radius 1 is 1.23 bits per heavy atom. The first kappa shape index (κ1) is 10.7. The lowest BCUT2D eigenvalue weighted by atomic mass is 10.3. The van der Waals surface area contributed by atoms with E-state index in [-0.39, 0.29) is 0 Å². The molecule has 13 heavy (non-hydrogen) atoms. The minimum absolute atomic E-state index is 0.707. The van der Waals surface area contributed by atoms with E-state index in [1.54, 1.807) is 0 Å². The van der Waals surface area contributed by atoms with Gasteiger partial charge in [0.15, 0.2) is 5.82 Å². The minimum atomic E-state index is -4.23. The van der Waals surface area contributed by atoms with E-state index in [0.717, 1.165) is 6.07 Å². The molecule has 0 atom stereocenters. The Bertz CT molecular complexity index is 444. The van der Waals surface area contributed by atoms with Gasteiger partial charge in [-0.25, -0.2) is 17.2 Å². The van der Waals surface area contributed by atoms with Crippen LogP contribution < -0.4 is 0 Å². The minimum Gasteiger partial charge on any atom is -0.207 e. The fourth-order valence-electron chi connectivity index (χ4n) is 0.696. The molecule has 0 N–H and O–H groups in total. The number of rotatable bonds is 1. The fraction of sp³-hybridized carbons (Fsp3) is 0. The van der Waals surface area contributed by atoms with Gasteiger partial charge >= 0.3 is 0 Å². The maximum absolute atomic E-state index is 12.9. The van der Waals surface area contributed by atoms with Crippen LogP contribution in [0.2, 0.25) is 5.02 Å². The van der Waals surface area contributed by atoms with Crippen molar-refractivity contribution >= 4 is 31.3 Å². The lowest BCUT2D eigenvalue weighted by Crippen LogP contribution is -1.97. The number of benzene rings is 1. The lowest BCUT2D eigenvalue weighted by Gasteiger charge is -2.00. The highest BCUT2D eigenvalue weighted by Gasteiger charge is 2.20. The smallest absolute Gasteiger partial charge is 0.207 e. The molecule has 0 amide bonds. The molecule has 0 spiro atoms. The normalized spacial score (nSPS) is 11.7. The predicted molar refractivity (Wildman–Crippen MR) is 44.4 cm³/mol. The van der Waals surface area contributed by atoms with E-state index in [4.69, 9.17) is 22.3 Å². The summed E-state index contributed by atoms with van der Waals surface area (Å²) in [6, 6.07) is 1.43. The Morgan fingerprint density at radius 2 is 1.77 bits per heavy atom. The Hall–Kier alpha value is -0.390. The average molecular weight is 247 g/mol. The molecule has 1 aromatic carbocycles. The maximum atomic E-state index is 12.9. The van der Waals surface area contributed by atoms with Crippen molar-refractivity contribution in [1.29, 1.82) is 0 Å². The zero-order valence-corrected chi connectivity index (χ0v) is 8.22. The van der Waals surface area contributed by atoms with Gasteiger partial charge in [-0.2, -0.15) is 0 Å². The van der Waals surface area contributed by atoms with Crippen molar-refractivity contribution in [2.75, 3.05) is 0 Å². The molecule has 2 nitrogen and oxygen atoms in total. The Labute approximate surface area is 82.5 Å². The van der Waals surface area contributed by atoms with Crippen LogP contribution in [0.5, 0.6) is 0 Å². The molecular formula is C6H2Cl2F2O2S. The summed E-state index contributed by atoms with van der Waals surface area (Å²) in [5.74, 6) is -2.42. The van der Waals surface area contributed by atoms with Gasteiger partial charge in [0.1, 0.15) is 15.7 Å². The molecule has 0 fully saturated rings. The molecule has 7 heteroatoms. The van der Waals surface area contributed by atoms with E-state index in [9.17, 15) is 17.2 Å². The van der Waals surface area contributed by atoms with Gasteiger partial charge in [-0.3, -0.25) is 0 Å². The molecule has 0 aliphatic rings. The summed E-state index contributed by atoms with van der Waals surface area (Å²) in [5, 5.41) is -0.887. The number of hydrogen-bond acceptors (Lipinski definition) is 2. The van der Waals surface area contributed by atoms with Crippen molar-refractivity contribution in [1.82, 2.24) is 0 Å². The molecule has 0 aliphatic heterocycles. The number of halogens is 4. The predicted octanol–water partition coefficient (Wildman–Crippen LogP) is 2.55. The van der Waals surface area contributed by atoms with E-state index >= 15 is 0 Å². The molecule has 0 saturated heterocycles. The van der Waals surface area contributed by atoms with Crippen molar-refractivity contribution in [3.63, 3.8) is 0 Å². The first-order chi connectivity index (χ1) is 5.84. The zero-order valence-electron chi connectivity index (χ0n) is 5.89. The van der Waals surface area contributed by atoms with Crippen molar-refractivity contribution in [2.45, 2.75) is 4.90 Å². The van der Waals surface area contributed by atoms with Crippen LogP contribution in [-0.2, 0) is 9.05 Å². The zero-order chi connectivity index (χ0) is 10.2. The molecular weight excluding hydrogens is 245 g/mol. The summed E-state index contributed by atoms with van der Waals surface area (Å²) in [4.78, 5) is -0.833. The van der Waals surface area contributed by atoms with Crippen LogP contribution in [0.25, 0.3) is 0 Å². The van der Waals surface area contributed by atoms with Crippen molar-refractivity contribution in [3.8, 4) is 0 Å². The van der Waals surface area contributed by atoms with Crippen LogP contribution in [0, 0.1) is 11.6 Å². The highest BCUT2D eigenvalue weighted by atomic mass is 35.7. The number of hydrogen-bond donors (Lipinski definition) is 0. The SMILES string of the molecule is O=S(=O)(Cl)c1ccc(F)c(Cl)c1F. The highest BCUT2D eigenvalue weighted by Crippen LogP contribution is 2.26. The third-order valence-corrected chi connectivity index (χ3v) is 2.95. The van der Waals surface area contributed by atoms with Crippen LogP contribution >= 0.6 is 22.3 Å². The summed E-state index contributed by atoms with van der Waals surface area (Å²) < 4.78 is 46.8. The largest absolute Gasteiger partial charge is 0.264 e. The van der Waals surface area contributed by atoms with Gasteiger partial charge in [-0.15, -0.1) is 0 Å². The standard InChI is InChI=1S/C6H2Cl2F2O2S/c7-5-3(9)1-2-4(6(5)10)13(8,11)12/h1-2H. The Balaban J connectivity index is 3.53.